The summed E-state index contributed by atoms with van der Waals surface area (Å²) in [6.45, 7) is 0.466. The third kappa shape index (κ3) is 3.81. The normalized spacial score (nSPS) is 10.9. The Bertz CT molecular complexity index is 991. The van der Waals surface area contributed by atoms with Gasteiger partial charge >= 0.3 is 0 Å². The van der Waals surface area contributed by atoms with E-state index in [1.165, 1.54) is 11.8 Å². The summed E-state index contributed by atoms with van der Waals surface area (Å²) >= 11 is 1.43. The standard InChI is InChI=1S/C20H16N2O3S/c23-19(21-12-14-6-2-1-3-7-14)18-11-10-15(24-18)13-26-20-22-16-8-4-5-9-17(16)25-20/h1-11H,12-13H2,(H,21,23). The number of hydrogen-bond donors (Lipinski definition) is 1. The lowest BCUT2D eigenvalue weighted by atomic mass is 10.2. The van der Waals surface area contributed by atoms with Gasteiger partial charge in [0.2, 0.25) is 0 Å². The van der Waals surface area contributed by atoms with Crippen LogP contribution in [0, 0.1) is 0 Å². The number of nitrogens with zero attached hydrogens (tertiary/aromatic N) is 1. The average molecular weight is 364 g/mol. The van der Waals surface area contributed by atoms with Crippen molar-refractivity contribution in [2.45, 2.75) is 17.5 Å². The minimum atomic E-state index is -0.230. The lowest BCUT2D eigenvalue weighted by molar-refractivity contribution is 0.0922. The topological polar surface area (TPSA) is 68.3 Å². The number of carbonyl (C=O) groups excluding carboxylic acids is 1. The van der Waals surface area contributed by atoms with Crippen LogP contribution in [0.2, 0.25) is 0 Å². The van der Waals surface area contributed by atoms with E-state index < -0.39 is 0 Å². The first-order chi connectivity index (χ1) is 12.8. The van der Waals surface area contributed by atoms with Crippen LogP contribution >= 0.6 is 11.8 Å². The Morgan fingerprint density at radius 3 is 2.62 bits per heavy atom. The number of carbonyl (C=O) groups is 1. The molecule has 0 aliphatic heterocycles. The van der Waals surface area contributed by atoms with E-state index in [0.717, 1.165) is 16.7 Å². The molecule has 1 amide bonds. The number of nitrogens with one attached hydrogen (secondary N) is 1. The van der Waals surface area contributed by atoms with Gasteiger partial charge in [0, 0.05) is 6.54 Å². The molecule has 0 spiro atoms. The Labute approximate surface area is 154 Å². The summed E-state index contributed by atoms with van der Waals surface area (Å²) in [5, 5.41) is 3.43. The molecule has 0 aliphatic carbocycles. The first-order valence-corrected chi connectivity index (χ1v) is 9.16. The quantitative estimate of drug-likeness (QED) is 0.505. The third-order valence-electron chi connectivity index (χ3n) is 3.79. The van der Waals surface area contributed by atoms with Gasteiger partial charge in [-0.15, -0.1) is 0 Å². The Morgan fingerprint density at radius 1 is 0.962 bits per heavy atom. The predicted octanol–water partition coefficient (Wildman–Crippen LogP) is 4.64. The van der Waals surface area contributed by atoms with Crippen LogP contribution in [-0.4, -0.2) is 10.9 Å². The highest BCUT2D eigenvalue weighted by Crippen LogP contribution is 2.26. The SMILES string of the molecule is O=C(NCc1ccccc1)c1ccc(CSc2nc3ccccc3o2)o1. The fourth-order valence-corrected chi connectivity index (χ4v) is 3.22. The van der Waals surface area contributed by atoms with Crippen molar-refractivity contribution in [3.05, 3.63) is 83.8 Å². The second-order valence-corrected chi connectivity index (χ2v) is 6.60. The van der Waals surface area contributed by atoms with Crippen molar-refractivity contribution >= 4 is 28.8 Å². The van der Waals surface area contributed by atoms with E-state index in [1.807, 2.05) is 54.6 Å². The zero-order valence-corrected chi connectivity index (χ0v) is 14.7. The van der Waals surface area contributed by atoms with E-state index >= 15 is 0 Å². The monoisotopic (exact) mass is 364 g/mol. The van der Waals surface area contributed by atoms with Crippen LogP contribution in [0.1, 0.15) is 21.9 Å². The fourth-order valence-electron chi connectivity index (χ4n) is 2.49. The zero-order chi connectivity index (χ0) is 17.8. The largest absolute Gasteiger partial charge is 0.455 e. The minimum absolute atomic E-state index is 0.230. The van der Waals surface area contributed by atoms with E-state index in [0.29, 0.717) is 29.0 Å². The summed E-state index contributed by atoms with van der Waals surface area (Å²) in [6.07, 6.45) is 0. The highest BCUT2D eigenvalue weighted by molar-refractivity contribution is 7.98. The summed E-state index contributed by atoms with van der Waals surface area (Å²) in [5.74, 6) is 1.31. The van der Waals surface area contributed by atoms with E-state index in [-0.39, 0.29) is 5.91 Å². The molecule has 0 aliphatic rings. The molecule has 0 unspecified atom stereocenters. The molecule has 0 fully saturated rings. The summed E-state index contributed by atoms with van der Waals surface area (Å²) < 4.78 is 11.3. The molecule has 5 nitrogen and oxygen atoms in total. The summed E-state index contributed by atoms with van der Waals surface area (Å²) in [4.78, 5) is 16.6. The molecule has 1 N–H and O–H groups in total. The average Bonchev–Trinajstić information content (AvgIpc) is 3.31. The van der Waals surface area contributed by atoms with Gasteiger partial charge in [0.25, 0.3) is 11.1 Å². The van der Waals surface area contributed by atoms with Gasteiger partial charge < -0.3 is 14.2 Å². The lowest BCUT2D eigenvalue weighted by Gasteiger charge is -2.03. The van der Waals surface area contributed by atoms with Crippen molar-refractivity contribution < 1.29 is 13.6 Å². The molecule has 0 bridgehead atoms. The van der Waals surface area contributed by atoms with Crippen molar-refractivity contribution in [1.82, 2.24) is 10.3 Å². The number of hydrogen-bond acceptors (Lipinski definition) is 5. The van der Waals surface area contributed by atoms with Gasteiger partial charge in [-0.1, -0.05) is 54.2 Å². The number of para-hydroxylation sites is 2. The molecule has 26 heavy (non-hydrogen) atoms. The van der Waals surface area contributed by atoms with Crippen molar-refractivity contribution in [1.29, 1.82) is 0 Å². The summed E-state index contributed by atoms with van der Waals surface area (Å²) in [6, 6.07) is 20.9. The van der Waals surface area contributed by atoms with Crippen molar-refractivity contribution in [3.8, 4) is 0 Å². The number of thioether (sulfide) groups is 1. The zero-order valence-electron chi connectivity index (χ0n) is 13.8. The van der Waals surface area contributed by atoms with E-state index in [9.17, 15) is 4.79 Å². The number of benzene rings is 2. The number of furan rings is 1. The highest BCUT2D eigenvalue weighted by atomic mass is 32.2. The lowest BCUT2D eigenvalue weighted by Crippen LogP contribution is -2.22. The van der Waals surface area contributed by atoms with Crippen LogP contribution in [0.5, 0.6) is 0 Å². The molecule has 4 aromatic rings. The van der Waals surface area contributed by atoms with Crippen LogP contribution < -0.4 is 5.32 Å². The van der Waals surface area contributed by atoms with E-state index in [4.69, 9.17) is 8.83 Å². The molecule has 0 saturated heterocycles. The van der Waals surface area contributed by atoms with Crippen LogP contribution in [0.4, 0.5) is 0 Å². The molecule has 6 heteroatoms. The molecule has 0 saturated carbocycles. The summed E-state index contributed by atoms with van der Waals surface area (Å²) in [7, 11) is 0. The van der Waals surface area contributed by atoms with Crippen LogP contribution in [-0.2, 0) is 12.3 Å². The van der Waals surface area contributed by atoms with Gasteiger partial charge in [0.1, 0.15) is 11.3 Å². The maximum Gasteiger partial charge on any atom is 0.287 e. The second-order valence-electron chi connectivity index (χ2n) is 5.67. The molecular formula is C20H16N2O3S. The molecular weight excluding hydrogens is 348 g/mol. The Morgan fingerprint density at radius 2 is 1.77 bits per heavy atom. The fraction of sp³-hybridized carbons (Fsp3) is 0.100. The van der Waals surface area contributed by atoms with Gasteiger partial charge in [-0.3, -0.25) is 4.79 Å². The van der Waals surface area contributed by atoms with Gasteiger partial charge in [-0.25, -0.2) is 4.98 Å². The number of amides is 1. The van der Waals surface area contributed by atoms with Crippen molar-refractivity contribution in [2.24, 2.45) is 0 Å². The van der Waals surface area contributed by atoms with Crippen LogP contribution in [0.3, 0.4) is 0 Å². The van der Waals surface area contributed by atoms with E-state index in [1.54, 1.807) is 12.1 Å². The Balaban J connectivity index is 1.34. The first kappa shape index (κ1) is 16.5. The van der Waals surface area contributed by atoms with Crippen LogP contribution in [0.15, 0.2) is 80.8 Å². The molecule has 0 atom stereocenters. The number of oxazole rings is 1. The predicted molar refractivity (Wildman–Crippen MR) is 99.9 cm³/mol. The molecule has 2 aromatic heterocycles. The molecule has 130 valence electrons. The van der Waals surface area contributed by atoms with E-state index in [2.05, 4.69) is 10.3 Å². The molecule has 2 aromatic carbocycles. The molecule has 2 heterocycles. The maximum absolute atomic E-state index is 12.2. The second kappa shape index (κ2) is 7.49. The van der Waals surface area contributed by atoms with Gasteiger partial charge in [0.15, 0.2) is 11.3 Å². The highest BCUT2D eigenvalue weighted by Gasteiger charge is 2.12. The Hall–Kier alpha value is -2.99. The van der Waals surface area contributed by atoms with Crippen molar-refractivity contribution in [2.75, 3.05) is 0 Å². The first-order valence-electron chi connectivity index (χ1n) is 8.17. The molecule has 0 radical (unpaired) electrons. The van der Waals surface area contributed by atoms with Gasteiger partial charge in [-0.2, -0.15) is 0 Å². The number of fused-ring (bicyclic) bond motifs is 1. The molecule has 4 rings (SSSR count). The van der Waals surface area contributed by atoms with Gasteiger partial charge in [-0.05, 0) is 29.8 Å². The maximum atomic E-state index is 12.2. The van der Waals surface area contributed by atoms with Gasteiger partial charge in [0.05, 0.1) is 5.75 Å². The van der Waals surface area contributed by atoms with Crippen LogP contribution in [0.25, 0.3) is 11.1 Å². The number of aromatic nitrogens is 1. The summed E-state index contributed by atoms with van der Waals surface area (Å²) in [5.41, 5.74) is 2.63. The Kier molecular flexibility index (Phi) is 4.75. The number of rotatable bonds is 6. The third-order valence-corrected chi connectivity index (χ3v) is 4.64. The van der Waals surface area contributed by atoms with Crippen molar-refractivity contribution in [3.63, 3.8) is 0 Å². The minimum Gasteiger partial charge on any atom is -0.455 e. The smallest absolute Gasteiger partial charge is 0.287 e.